The van der Waals surface area contributed by atoms with Crippen LogP contribution in [-0.4, -0.2) is 33.6 Å². The molecule has 8 heteroatoms. The summed E-state index contributed by atoms with van der Waals surface area (Å²) in [4.78, 5) is 30.3. The van der Waals surface area contributed by atoms with E-state index in [-0.39, 0.29) is 11.7 Å². The third-order valence-corrected chi connectivity index (χ3v) is 3.44. The van der Waals surface area contributed by atoms with Crippen molar-refractivity contribution in [3.05, 3.63) is 40.1 Å². The van der Waals surface area contributed by atoms with E-state index in [4.69, 9.17) is 5.11 Å². The topological polar surface area (TPSA) is 104 Å². The van der Waals surface area contributed by atoms with Crippen molar-refractivity contribution in [1.29, 1.82) is 0 Å². The summed E-state index contributed by atoms with van der Waals surface area (Å²) in [7, 11) is 0. The minimum absolute atomic E-state index is 0.0327. The van der Waals surface area contributed by atoms with Gasteiger partial charge in [-0.25, -0.2) is 14.6 Å². The fourth-order valence-electron chi connectivity index (χ4n) is 1.61. The lowest BCUT2D eigenvalue weighted by Gasteiger charge is -2.06. The number of anilines is 1. The van der Waals surface area contributed by atoms with Gasteiger partial charge in [0.25, 0.3) is 0 Å². The smallest absolute Gasteiger partial charge is 0.355 e. The van der Waals surface area contributed by atoms with E-state index >= 15 is 0 Å². The van der Waals surface area contributed by atoms with Crippen LogP contribution < -0.4 is 10.6 Å². The Morgan fingerprint density at radius 1 is 1.38 bits per heavy atom. The fraction of sp³-hybridized carbons (Fsp3) is 0.231. The molecule has 3 N–H and O–H groups in total. The number of thiazole rings is 1. The van der Waals surface area contributed by atoms with E-state index in [0.29, 0.717) is 23.7 Å². The van der Waals surface area contributed by atoms with E-state index in [9.17, 15) is 9.59 Å². The van der Waals surface area contributed by atoms with Crippen LogP contribution in [0.15, 0.2) is 23.8 Å². The molecule has 0 spiro atoms. The Balaban J connectivity index is 1.77. The Kier molecular flexibility index (Phi) is 4.83. The largest absolute Gasteiger partial charge is 0.476 e. The van der Waals surface area contributed by atoms with Gasteiger partial charge in [-0.3, -0.25) is 4.98 Å². The second-order valence-electron chi connectivity index (χ2n) is 4.31. The molecular weight excluding hydrogens is 292 g/mol. The monoisotopic (exact) mass is 306 g/mol. The van der Waals surface area contributed by atoms with Crippen LogP contribution in [0.4, 0.5) is 10.5 Å². The molecule has 0 atom stereocenters. The number of nitrogens with zero attached hydrogens (tertiary/aromatic N) is 2. The first-order valence-electron chi connectivity index (χ1n) is 6.19. The zero-order valence-corrected chi connectivity index (χ0v) is 12.1. The van der Waals surface area contributed by atoms with Gasteiger partial charge in [-0.1, -0.05) is 0 Å². The lowest BCUT2D eigenvalue weighted by atomic mass is 10.3. The Morgan fingerprint density at radius 2 is 2.19 bits per heavy atom. The lowest BCUT2D eigenvalue weighted by molar-refractivity contribution is 0.0691. The summed E-state index contributed by atoms with van der Waals surface area (Å²) in [5, 5.41) is 16.3. The molecule has 0 aliphatic rings. The number of amides is 2. The van der Waals surface area contributed by atoms with Gasteiger partial charge >= 0.3 is 12.0 Å². The van der Waals surface area contributed by atoms with Crippen LogP contribution in [0.2, 0.25) is 0 Å². The van der Waals surface area contributed by atoms with Gasteiger partial charge in [0.05, 0.1) is 16.9 Å². The van der Waals surface area contributed by atoms with E-state index in [0.717, 1.165) is 5.56 Å². The number of carboxylic acids is 1. The zero-order chi connectivity index (χ0) is 15.2. The minimum Gasteiger partial charge on any atom is -0.476 e. The summed E-state index contributed by atoms with van der Waals surface area (Å²) in [5.41, 5.74) is 1.61. The number of aryl methyl sites for hydroxylation is 1. The third kappa shape index (κ3) is 4.53. The van der Waals surface area contributed by atoms with Crippen LogP contribution in [0.5, 0.6) is 0 Å². The lowest BCUT2D eigenvalue weighted by Crippen LogP contribution is -2.30. The summed E-state index contributed by atoms with van der Waals surface area (Å²) < 4.78 is 0. The van der Waals surface area contributed by atoms with E-state index in [2.05, 4.69) is 20.6 Å². The molecule has 0 aliphatic heterocycles. The van der Waals surface area contributed by atoms with E-state index in [1.165, 1.54) is 16.7 Å². The highest BCUT2D eigenvalue weighted by Crippen LogP contribution is 2.10. The van der Waals surface area contributed by atoms with Crippen molar-refractivity contribution in [2.75, 3.05) is 11.9 Å². The highest BCUT2D eigenvalue weighted by atomic mass is 32.1. The van der Waals surface area contributed by atoms with Gasteiger partial charge < -0.3 is 15.7 Å². The number of aromatic nitrogens is 2. The molecule has 2 amide bonds. The number of rotatable bonds is 5. The number of urea groups is 1. The van der Waals surface area contributed by atoms with Crippen molar-refractivity contribution in [2.45, 2.75) is 13.3 Å². The molecule has 2 heterocycles. The number of hydrogen-bond donors (Lipinski definition) is 3. The van der Waals surface area contributed by atoms with Crippen LogP contribution >= 0.6 is 11.3 Å². The highest BCUT2D eigenvalue weighted by molar-refractivity contribution is 7.09. The van der Waals surface area contributed by atoms with Crippen molar-refractivity contribution in [2.24, 2.45) is 0 Å². The number of pyridine rings is 1. The van der Waals surface area contributed by atoms with Gasteiger partial charge in [0.15, 0.2) is 5.69 Å². The van der Waals surface area contributed by atoms with Crippen LogP contribution in [0, 0.1) is 6.92 Å². The second-order valence-corrected chi connectivity index (χ2v) is 5.26. The Bertz CT molecular complexity index is 656. The van der Waals surface area contributed by atoms with E-state index in [1.807, 2.05) is 13.0 Å². The fourth-order valence-corrected chi connectivity index (χ4v) is 2.38. The molecule has 2 rings (SSSR count). The number of carbonyl (C=O) groups is 2. The van der Waals surface area contributed by atoms with Crippen molar-refractivity contribution < 1.29 is 14.7 Å². The molecule has 0 saturated heterocycles. The van der Waals surface area contributed by atoms with Crippen LogP contribution in [0.1, 0.15) is 21.1 Å². The Morgan fingerprint density at radius 3 is 2.86 bits per heavy atom. The quantitative estimate of drug-likeness (QED) is 0.782. The standard InChI is InChI=1S/C13H14N4O3S/c1-8-4-9(6-14-5-8)16-13(20)15-3-2-11-17-10(7-21-11)12(18)19/h4-7H,2-3H2,1H3,(H,18,19)(H2,15,16,20). The van der Waals surface area contributed by atoms with E-state index in [1.54, 1.807) is 12.4 Å². The van der Waals surface area contributed by atoms with Crippen molar-refractivity contribution in [3.63, 3.8) is 0 Å². The molecule has 7 nitrogen and oxygen atoms in total. The van der Waals surface area contributed by atoms with Crippen LogP contribution in [0.3, 0.4) is 0 Å². The minimum atomic E-state index is -1.05. The molecule has 0 aromatic carbocycles. The molecule has 0 bridgehead atoms. The summed E-state index contributed by atoms with van der Waals surface area (Å²) in [6.45, 7) is 2.26. The maximum atomic E-state index is 11.7. The molecule has 2 aromatic heterocycles. The number of aromatic carboxylic acids is 1. The predicted octanol–water partition coefficient (Wildman–Crippen LogP) is 1.91. The van der Waals surface area contributed by atoms with Gasteiger partial charge in [-0.15, -0.1) is 11.3 Å². The average molecular weight is 306 g/mol. The number of carbonyl (C=O) groups excluding carboxylic acids is 1. The normalized spacial score (nSPS) is 10.1. The zero-order valence-electron chi connectivity index (χ0n) is 11.3. The first-order valence-corrected chi connectivity index (χ1v) is 7.07. The molecule has 0 fully saturated rings. The molecule has 21 heavy (non-hydrogen) atoms. The van der Waals surface area contributed by atoms with Crippen molar-refractivity contribution in [3.8, 4) is 0 Å². The molecule has 2 aromatic rings. The molecular formula is C13H14N4O3S. The Hall–Kier alpha value is -2.48. The average Bonchev–Trinajstić information content (AvgIpc) is 2.87. The second kappa shape index (κ2) is 6.80. The number of carboxylic acid groups (broad SMARTS) is 1. The number of hydrogen-bond acceptors (Lipinski definition) is 5. The summed E-state index contributed by atoms with van der Waals surface area (Å²) in [6, 6.07) is 1.48. The van der Waals surface area contributed by atoms with Gasteiger partial charge in [-0.05, 0) is 18.6 Å². The maximum absolute atomic E-state index is 11.7. The molecule has 0 saturated carbocycles. The van der Waals surface area contributed by atoms with E-state index < -0.39 is 5.97 Å². The van der Waals surface area contributed by atoms with Crippen LogP contribution in [-0.2, 0) is 6.42 Å². The summed E-state index contributed by atoms with van der Waals surface area (Å²) in [5.74, 6) is -1.05. The first kappa shape index (κ1) is 14.9. The first-order chi connectivity index (χ1) is 10.0. The van der Waals surface area contributed by atoms with Gasteiger partial charge in [0, 0.05) is 24.5 Å². The van der Waals surface area contributed by atoms with Crippen LogP contribution in [0.25, 0.3) is 0 Å². The Labute approximate surface area is 125 Å². The SMILES string of the molecule is Cc1cncc(NC(=O)NCCc2nc(C(=O)O)cs2)c1. The van der Waals surface area contributed by atoms with Gasteiger partial charge in [0.2, 0.25) is 0 Å². The predicted molar refractivity (Wildman–Crippen MR) is 78.8 cm³/mol. The molecule has 110 valence electrons. The highest BCUT2D eigenvalue weighted by Gasteiger charge is 2.08. The third-order valence-electron chi connectivity index (χ3n) is 2.53. The summed E-state index contributed by atoms with van der Waals surface area (Å²) >= 11 is 1.26. The van der Waals surface area contributed by atoms with Gasteiger partial charge in [0.1, 0.15) is 0 Å². The van der Waals surface area contributed by atoms with Crippen molar-refractivity contribution >= 4 is 29.0 Å². The maximum Gasteiger partial charge on any atom is 0.355 e. The van der Waals surface area contributed by atoms with Gasteiger partial charge in [-0.2, -0.15) is 0 Å². The molecule has 0 aliphatic carbocycles. The summed E-state index contributed by atoms with van der Waals surface area (Å²) in [6.07, 6.45) is 3.75. The molecule has 0 radical (unpaired) electrons. The molecule has 0 unspecified atom stereocenters. The number of nitrogens with one attached hydrogen (secondary N) is 2. The van der Waals surface area contributed by atoms with Crippen molar-refractivity contribution in [1.82, 2.24) is 15.3 Å².